The molecule has 3 amide bonds. The van der Waals surface area contributed by atoms with Gasteiger partial charge in [-0.15, -0.1) is 0 Å². The van der Waals surface area contributed by atoms with Crippen LogP contribution in [0.1, 0.15) is 26.4 Å². The van der Waals surface area contributed by atoms with Crippen LogP contribution in [0.5, 0.6) is 0 Å². The van der Waals surface area contributed by atoms with E-state index in [1.165, 1.54) is 15.8 Å². The van der Waals surface area contributed by atoms with Crippen LogP contribution in [0, 0.1) is 0 Å². The smallest absolute Gasteiger partial charge is 0.410 e. The SMILES string of the molecule is Cn1cc(N(Cc2ccc3ccc(NC(=O)O)nc3c2)C(=O)c2cccnc2)c(C(N)=O)n1. The highest BCUT2D eigenvalue weighted by molar-refractivity contribution is 6.09. The van der Waals surface area contributed by atoms with Crippen LogP contribution in [-0.4, -0.2) is 42.8 Å². The van der Waals surface area contributed by atoms with E-state index in [0.717, 1.165) is 5.39 Å². The van der Waals surface area contributed by atoms with Gasteiger partial charge in [0.25, 0.3) is 11.8 Å². The molecule has 11 nitrogen and oxygen atoms in total. The lowest BCUT2D eigenvalue weighted by Gasteiger charge is -2.22. The molecule has 11 heteroatoms. The number of fused-ring (bicyclic) bond motifs is 1. The summed E-state index contributed by atoms with van der Waals surface area (Å²) in [7, 11) is 1.62. The molecule has 0 bridgehead atoms. The van der Waals surface area contributed by atoms with Crippen LogP contribution in [0.25, 0.3) is 10.9 Å². The van der Waals surface area contributed by atoms with Crippen molar-refractivity contribution in [2.75, 3.05) is 10.2 Å². The number of benzene rings is 1. The van der Waals surface area contributed by atoms with Crippen LogP contribution in [0.3, 0.4) is 0 Å². The lowest BCUT2D eigenvalue weighted by molar-refractivity contribution is 0.0984. The van der Waals surface area contributed by atoms with Crippen molar-refractivity contribution in [1.29, 1.82) is 0 Å². The van der Waals surface area contributed by atoms with Gasteiger partial charge in [-0.2, -0.15) is 5.10 Å². The number of nitrogens with one attached hydrogen (secondary N) is 1. The molecule has 33 heavy (non-hydrogen) atoms. The van der Waals surface area contributed by atoms with Gasteiger partial charge in [0.2, 0.25) is 0 Å². The van der Waals surface area contributed by atoms with Crippen LogP contribution in [0.15, 0.2) is 61.1 Å². The molecule has 3 heterocycles. The van der Waals surface area contributed by atoms with Crippen molar-refractivity contribution in [3.05, 3.63) is 77.9 Å². The standard InChI is InChI=1S/C22H19N7O4/c1-28-12-17(19(27-28)20(23)30)29(21(31)15-3-2-8-24-10-15)11-13-4-5-14-6-7-18(26-22(32)33)25-16(14)9-13/h2-10,12H,11H2,1H3,(H2,23,30)(H,25,26)(H,32,33). The zero-order chi connectivity index (χ0) is 23.5. The first-order valence-corrected chi connectivity index (χ1v) is 9.77. The number of hydrogen-bond donors (Lipinski definition) is 3. The Balaban J connectivity index is 1.76. The molecule has 0 aliphatic heterocycles. The average molecular weight is 445 g/mol. The monoisotopic (exact) mass is 445 g/mol. The van der Waals surface area contributed by atoms with E-state index in [1.54, 1.807) is 49.8 Å². The molecule has 0 aliphatic rings. The lowest BCUT2D eigenvalue weighted by atomic mass is 10.1. The summed E-state index contributed by atoms with van der Waals surface area (Å²) < 4.78 is 1.41. The van der Waals surface area contributed by atoms with E-state index in [0.29, 0.717) is 16.6 Å². The number of aryl methyl sites for hydroxylation is 1. The van der Waals surface area contributed by atoms with Crippen molar-refractivity contribution in [1.82, 2.24) is 19.7 Å². The Bertz CT molecular complexity index is 1370. The third-order valence-corrected chi connectivity index (χ3v) is 4.82. The van der Waals surface area contributed by atoms with Gasteiger partial charge < -0.3 is 15.7 Å². The summed E-state index contributed by atoms with van der Waals surface area (Å²) in [5, 5.41) is 16.0. The molecule has 4 aromatic rings. The molecular weight excluding hydrogens is 426 g/mol. The van der Waals surface area contributed by atoms with Crippen LogP contribution in [0.2, 0.25) is 0 Å². The molecular formula is C22H19N7O4. The Hall–Kier alpha value is -4.80. The van der Waals surface area contributed by atoms with E-state index in [9.17, 15) is 14.4 Å². The highest BCUT2D eigenvalue weighted by atomic mass is 16.4. The van der Waals surface area contributed by atoms with Crippen LogP contribution < -0.4 is 16.0 Å². The average Bonchev–Trinajstić information content (AvgIpc) is 3.18. The topological polar surface area (TPSA) is 156 Å². The summed E-state index contributed by atoms with van der Waals surface area (Å²) in [6.45, 7) is 0.0773. The van der Waals surface area contributed by atoms with Gasteiger partial charge in [-0.25, -0.2) is 9.78 Å². The maximum Gasteiger partial charge on any atom is 0.410 e. The van der Waals surface area contributed by atoms with E-state index in [4.69, 9.17) is 10.8 Å². The molecule has 0 radical (unpaired) electrons. The number of aromatic nitrogens is 4. The second-order valence-electron chi connectivity index (χ2n) is 7.19. The first kappa shape index (κ1) is 21.4. The minimum absolute atomic E-state index is 0.0402. The lowest BCUT2D eigenvalue weighted by Crippen LogP contribution is -2.32. The van der Waals surface area contributed by atoms with Gasteiger partial charge in [-0.1, -0.05) is 12.1 Å². The Labute approximate surface area is 187 Å². The van der Waals surface area contributed by atoms with Crippen molar-refractivity contribution in [3.8, 4) is 0 Å². The summed E-state index contributed by atoms with van der Waals surface area (Å²) >= 11 is 0. The summed E-state index contributed by atoms with van der Waals surface area (Å²) in [6.07, 6.45) is 3.31. The number of nitrogens with two attached hydrogens (primary N) is 1. The highest BCUT2D eigenvalue weighted by Crippen LogP contribution is 2.25. The summed E-state index contributed by atoms with van der Waals surface area (Å²) in [5.41, 5.74) is 7.27. The second kappa shape index (κ2) is 8.75. The van der Waals surface area contributed by atoms with Crippen molar-refractivity contribution in [3.63, 3.8) is 0 Å². The number of anilines is 2. The van der Waals surface area contributed by atoms with Crippen molar-refractivity contribution in [2.45, 2.75) is 6.54 Å². The molecule has 166 valence electrons. The maximum atomic E-state index is 13.4. The fourth-order valence-corrected chi connectivity index (χ4v) is 3.38. The van der Waals surface area contributed by atoms with Gasteiger partial charge in [-0.05, 0) is 35.9 Å². The van der Waals surface area contributed by atoms with E-state index < -0.39 is 17.9 Å². The Morgan fingerprint density at radius 1 is 1.18 bits per heavy atom. The van der Waals surface area contributed by atoms with Crippen molar-refractivity contribution in [2.24, 2.45) is 12.8 Å². The van der Waals surface area contributed by atoms with E-state index in [-0.39, 0.29) is 23.7 Å². The maximum absolute atomic E-state index is 13.4. The number of nitrogens with zero attached hydrogens (tertiary/aromatic N) is 5. The van der Waals surface area contributed by atoms with Gasteiger partial charge in [0, 0.05) is 31.0 Å². The quantitative estimate of drug-likeness (QED) is 0.411. The Morgan fingerprint density at radius 3 is 2.67 bits per heavy atom. The molecule has 0 spiro atoms. The van der Waals surface area contributed by atoms with E-state index in [2.05, 4.69) is 20.4 Å². The molecule has 3 aromatic heterocycles. The largest absolute Gasteiger partial charge is 0.465 e. The third-order valence-electron chi connectivity index (χ3n) is 4.82. The summed E-state index contributed by atoms with van der Waals surface area (Å²) in [6, 6.07) is 11.9. The summed E-state index contributed by atoms with van der Waals surface area (Å²) in [5.74, 6) is -0.981. The van der Waals surface area contributed by atoms with Crippen molar-refractivity contribution >= 4 is 40.3 Å². The van der Waals surface area contributed by atoms with Gasteiger partial charge in [0.15, 0.2) is 5.69 Å². The van der Waals surface area contributed by atoms with Crippen molar-refractivity contribution < 1.29 is 19.5 Å². The predicted octanol–water partition coefficient (Wildman–Crippen LogP) is 2.40. The number of carboxylic acid groups (broad SMARTS) is 1. The number of rotatable bonds is 6. The first-order chi connectivity index (χ1) is 15.8. The highest BCUT2D eigenvalue weighted by Gasteiger charge is 2.25. The van der Waals surface area contributed by atoms with Crippen LogP contribution >= 0.6 is 0 Å². The number of amides is 3. The number of hydrogen-bond acceptors (Lipinski definition) is 6. The third kappa shape index (κ3) is 4.61. The summed E-state index contributed by atoms with van der Waals surface area (Å²) in [4.78, 5) is 46.0. The van der Waals surface area contributed by atoms with Gasteiger partial charge >= 0.3 is 6.09 Å². The second-order valence-corrected chi connectivity index (χ2v) is 7.19. The van der Waals surface area contributed by atoms with Gasteiger partial charge in [0.05, 0.1) is 23.3 Å². The molecule has 0 saturated heterocycles. The van der Waals surface area contributed by atoms with Gasteiger partial charge in [0.1, 0.15) is 5.82 Å². The molecule has 0 unspecified atom stereocenters. The Morgan fingerprint density at radius 2 is 1.97 bits per heavy atom. The fraction of sp³-hybridized carbons (Fsp3) is 0.0909. The zero-order valence-corrected chi connectivity index (χ0v) is 17.5. The minimum atomic E-state index is -1.22. The molecule has 1 aromatic carbocycles. The van der Waals surface area contributed by atoms with E-state index >= 15 is 0 Å². The normalized spacial score (nSPS) is 10.7. The number of primary amides is 1. The van der Waals surface area contributed by atoms with Crippen LogP contribution in [-0.2, 0) is 13.6 Å². The molecule has 0 saturated carbocycles. The molecule has 0 fully saturated rings. The number of carbonyl (C=O) groups excluding carboxylic acids is 2. The molecule has 0 aliphatic carbocycles. The fourth-order valence-electron chi connectivity index (χ4n) is 3.38. The Kier molecular flexibility index (Phi) is 5.68. The first-order valence-electron chi connectivity index (χ1n) is 9.77. The molecule has 4 rings (SSSR count). The minimum Gasteiger partial charge on any atom is -0.465 e. The molecule has 4 N–H and O–H groups in total. The zero-order valence-electron chi connectivity index (χ0n) is 17.5. The molecule has 0 atom stereocenters. The van der Waals surface area contributed by atoms with Gasteiger partial charge in [-0.3, -0.25) is 24.6 Å². The number of carbonyl (C=O) groups is 3. The predicted molar refractivity (Wildman–Crippen MR) is 120 cm³/mol. The number of pyridine rings is 2. The van der Waals surface area contributed by atoms with E-state index in [1.807, 2.05) is 12.1 Å². The van der Waals surface area contributed by atoms with Crippen LogP contribution in [0.4, 0.5) is 16.3 Å².